The smallest absolute Gasteiger partial charge is 0.266 e. The van der Waals surface area contributed by atoms with Crippen LogP contribution in [0.25, 0.3) is 0 Å². The first kappa shape index (κ1) is 16.1. The molecule has 0 aliphatic rings. The fraction of sp³-hybridized carbons (Fsp3) is 0.429. The second-order valence-corrected chi connectivity index (χ2v) is 4.80. The lowest BCUT2D eigenvalue weighted by molar-refractivity contribution is -0.140. The van der Waals surface area contributed by atoms with Crippen LogP contribution in [0.3, 0.4) is 0 Å². The monoisotopic (exact) mass is 282 g/mol. The van der Waals surface area contributed by atoms with Crippen LogP contribution in [0.1, 0.15) is 26.3 Å². The molecule has 0 aliphatic heterocycles. The van der Waals surface area contributed by atoms with E-state index in [0.717, 1.165) is 5.56 Å². The van der Waals surface area contributed by atoms with E-state index in [1.165, 1.54) is 19.1 Å². The molecule has 0 aromatic heterocycles. The maximum atomic E-state index is 12.7. The highest BCUT2D eigenvalue weighted by Gasteiger charge is 2.22. The van der Waals surface area contributed by atoms with E-state index < -0.39 is 11.9 Å². The molecule has 1 unspecified atom stereocenters. The molecule has 0 radical (unpaired) electrons. The number of carbonyl (C=O) groups is 2. The first-order chi connectivity index (χ1) is 9.40. The Balaban J connectivity index is 2.44. The molecule has 1 atom stereocenters. The van der Waals surface area contributed by atoms with E-state index in [9.17, 15) is 14.0 Å². The van der Waals surface area contributed by atoms with Crippen LogP contribution in [0.5, 0.6) is 0 Å². The van der Waals surface area contributed by atoms with Crippen molar-refractivity contribution in [3.05, 3.63) is 35.6 Å². The van der Waals surface area contributed by atoms with Gasteiger partial charge in [0.05, 0.1) is 6.61 Å². The SMILES string of the molecule is CC(=O)NC(C(=O)NOCc1ccc(F)cc1)C(C)C. The van der Waals surface area contributed by atoms with Gasteiger partial charge in [0.25, 0.3) is 5.91 Å². The highest BCUT2D eigenvalue weighted by Crippen LogP contribution is 2.05. The average Bonchev–Trinajstić information content (AvgIpc) is 2.37. The van der Waals surface area contributed by atoms with E-state index in [4.69, 9.17) is 4.84 Å². The first-order valence-electron chi connectivity index (χ1n) is 6.33. The van der Waals surface area contributed by atoms with E-state index in [1.807, 2.05) is 13.8 Å². The van der Waals surface area contributed by atoms with Crippen molar-refractivity contribution in [1.29, 1.82) is 0 Å². The largest absolute Gasteiger partial charge is 0.344 e. The molecule has 110 valence electrons. The van der Waals surface area contributed by atoms with Gasteiger partial charge in [-0.15, -0.1) is 0 Å². The van der Waals surface area contributed by atoms with Gasteiger partial charge in [-0.05, 0) is 23.6 Å². The Morgan fingerprint density at radius 2 is 1.85 bits per heavy atom. The van der Waals surface area contributed by atoms with Gasteiger partial charge in [-0.2, -0.15) is 0 Å². The highest BCUT2D eigenvalue weighted by molar-refractivity contribution is 5.86. The molecule has 1 aromatic rings. The maximum absolute atomic E-state index is 12.7. The molecule has 2 amide bonds. The van der Waals surface area contributed by atoms with Crippen molar-refractivity contribution in [1.82, 2.24) is 10.8 Å². The Morgan fingerprint density at radius 1 is 1.25 bits per heavy atom. The predicted molar refractivity (Wildman–Crippen MR) is 71.8 cm³/mol. The summed E-state index contributed by atoms with van der Waals surface area (Å²) in [5, 5.41) is 2.55. The summed E-state index contributed by atoms with van der Waals surface area (Å²) < 4.78 is 12.7. The Kier molecular flexibility index (Phi) is 6.11. The van der Waals surface area contributed by atoms with Gasteiger partial charge in [0.15, 0.2) is 0 Å². The summed E-state index contributed by atoms with van der Waals surface area (Å²) >= 11 is 0. The molecule has 0 aliphatic carbocycles. The average molecular weight is 282 g/mol. The number of nitrogens with one attached hydrogen (secondary N) is 2. The minimum Gasteiger partial charge on any atom is -0.344 e. The van der Waals surface area contributed by atoms with Gasteiger partial charge in [-0.1, -0.05) is 26.0 Å². The van der Waals surface area contributed by atoms with Crippen LogP contribution >= 0.6 is 0 Å². The van der Waals surface area contributed by atoms with Crippen molar-refractivity contribution in [3.8, 4) is 0 Å². The normalized spacial score (nSPS) is 12.1. The molecule has 0 saturated heterocycles. The number of benzene rings is 1. The molecule has 0 saturated carbocycles. The van der Waals surface area contributed by atoms with Gasteiger partial charge < -0.3 is 5.32 Å². The van der Waals surface area contributed by atoms with Gasteiger partial charge in [0, 0.05) is 6.92 Å². The van der Waals surface area contributed by atoms with Gasteiger partial charge in [0.2, 0.25) is 5.91 Å². The van der Waals surface area contributed by atoms with Crippen LogP contribution in [0, 0.1) is 11.7 Å². The Labute approximate surface area is 117 Å². The zero-order chi connectivity index (χ0) is 15.1. The van der Waals surface area contributed by atoms with E-state index in [1.54, 1.807) is 12.1 Å². The Hall–Kier alpha value is -1.95. The molecule has 1 rings (SSSR count). The Bertz CT molecular complexity index is 460. The standard InChI is InChI=1S/C14H19FN2O3/c1-9(2)13(16-10(3)18)14(19)17-20-8-11-4-6-12(15)7-5-11/h4-7,9,13H,8H2,1-3H3,(H,16,18)(H,17,19). The number of hydroxylamine groups is 1. The summed E-state index contributed by atoms with van der Waals surface area (Å²) in [5.74, 6) is -1.09. The van der Waals surface area contributed by atoms with Crippen molar-refractivity contribution in [2.75, 3.05) is 0 Å². The molecule has 6 heteroatoms. The van der Waals surface area contributed by atoms with Crippen LogP contribution in [0.2, 0.25) is 0 Å². The summed E-state index contributed by atoms with van der Waals surface area (Å²) in [6.45, 7) is 5.11. The van der Waals surface area contributed by atoms with Crippen molar-refractivity contribution in [2.24, 2.45) is 5.92 Å². The van der Waals surface area contributed by atoms with Crippen LogP contribution in [0.4, 0.5) is 4.39 Å². The van der Waals surface area contributed by atoms with Gasteiger partial charge >= 0.3 is 0 Å². The van der Waals surface area contributed by atoms with Crippen LogP contribution in [0.15, 0.2) is 24.3 Å². The molecule has 0 spiro atoms. The van der Waals surface area contributed by atoms with E-state index in [0.29, 0.717) is 0 Å². The first-order valence-corrected chi connectivity index (χ1v) is 6.33. The number of hydrogen-bond donors (Lipinski definition) is 2. The van der Waals surface area contributed by atoms with Crippen molar-refractivity contribution < 1.29 is 18.8 Å². The quantitative estimate of drug-likeness (QED) is 0.778. The Morgan fingerprint density at radius 3 is 2.35 bits per heavy atom. The lowest BCUT2D eigenvalue weighted by Gasteiger charge is -2.20. The number of amides is 2. The van der Waals surface area contributed by atoms with E-state index in [2.05, 4.69) is 10.8 Å². The lowest BCUT2D eigenvalue weighted by atomic mass is 10.0. The minimum absolute atomic E-state index is 0.0617. The second-order valence-electron chi connectivity index (χ2n) is 4.80. The fourth-order valence-electron chi connectivity index (χ4n) is 1.59. The third-order valence-electron chi connectivity index (χ3n) is 2.63. The molecular formula is C14H19FN2O3. The van der Waals surface area contributed by atoms with Gasteiger partial charge in [0.1, 0.15) is 11.9 Å². The van der Waals surface area contributed by atoms with Gasteiger partial charge in [-0.25, -0.2) is 9.87 Å². The summed E-state index contributed by atoms with van der Waals surface area (Å²) in [7, 11) is 0. The summed E-state index contributed by atoms with van der Waals surface area (Å²) in [4.78, 5) is 27.9. The number of carbonyl (C=O) groups excluding carboxylic acids is 2. The maximum Gasteiger partial charge on any atom is 0.266 e. The van der Waals surface area contributed by atoms with E-state index in [-0.39, 0.29) is 24.2 Å². The second kappa shape index (κ2) is 7.59. The number of hydrogen-bond acceptors (Lipinski definition) is 3. The zero-order valence-corrected chi connectivity index (χ0v) is 11.8. The minimum atomic E-state index is -0.652. The van der Waals surface area contributed by atoms with Gasteiger partial charge in [-0.3, -0.25) is 14.4 Å². The molecule has 0 heterocycles. The lowest BCUT2D eigenvalue weighted by Crippen LogP contribution is -2.48. The fourth-order valence-corrected chi connectivity index (χ4v) is 1.59. The summed E-state index contributed by atoms with van der Waals surface area (Å²) in [6, 6.07) is 5.11. The topological polar surface area (TPSA) is 67.4 Å². The van der Waals surface area contributed by atoms with Crippen LogP contribution in [-0.2, 0) is 21.0 Å². The molecule has 0 fully saturated rings. The molecule has 2 N–H and O–H groups in total. The molecule has 0 bridgehead atoms. The summed E-state index contributed by atoms with van der Waals surface area (Å²) in [6.07, 6.45) is 0. The molecule has 1 aromatic carbocycles. The molecular weight excluding hydrogens is 263 g/mol. The number of halogens is 1. The van der Waals surface area contributed by atoms with Crippen molar-refractivity contribution in [2.45, 2.75) is 33.4 Å². The molecule has 20 heavy (non-hydrogen) atoms. The predicted octanol–water partition coefficient (Wildman–Crippen LogP) is 1.53. The number of rotatable bonds is 6. The van der Waals surface area contributed by atoms with Crippen molar-refractivity contribution in [3.63, 3.8) is 0 Å². The van der Waals surface area contributed by atoms with E-state index >= 15 is 0 Å². The molecule has 5 nitrogen and oxygen atoms in total. The van der Waals surface area contributed by atoms with Crippen LogP contribution in [-0.4, -0.2) is 17.9 Å². The third kappa shape index (κ3) is 5.36. The summed E-state index contributed by atoms with van der Waals surface area (Å²) in [5.41, 5.74) is 3.01. The zero-order valence-electron chi connectivity index (χ0n) is 11.8. The van der Waals surface area contributed by atoms with Crippen LogP contribution < -0.4 is 10.8 Å². The third-order valence-corrected chi connectivity index (χ3v) is 2.63. The highest BCUT2D eigenvalue weighted by atomic mass is 19.1. The van der Waals surface area contributed by atoms with Crippen molar-refractivity contribution >= 4 is 11.8 Å².